The second kappa shape index (κ2) is 8.40. The average molecular weight is 434 g/mol. The highest BCUT2D eigenvalue weighted by atomic mass is 16.5. The number of ether oxygens (including phenoxy) is 1. The number of amides is 2. The summed E-state index contributed by atoms with van der Waals surface area (Å²) in [6.45, 7) is 1.51. The van der Waals surface area contributed by atoms with Gasteiger partial charge in [0.15, 0.2) is 5.69 Å². The molecule has 0 bridgehead atoms. The molecule has 0 unspecified atom stereocenters. The topological polar surface area (TPSA) is 129 Å². The van der Waals surface area contributed by atoms with Gasteiger partial charge >= 0.3 is 5.91 Å². The number of para-hydroxylation sites is 1. The van der Waals surface area contributed by atoms with Gasteiger partial charge in [-0.25, -0.2) is 0 Å². The van der Waals surface area contributed by atoms with Crippen LogP contribution in [0.4, 0.5) is 5.69 Å². The first kappa shape index (κ1) is 20.2. The Morgan fingerprint density at radius 3 is 2.94 bits per heavy atom. The lowest BCUT2D eigenvalue weighted by Crippen LogP contribution is -2.41. The second-order valence-corrected chi connectivity index (χ2v) is 7.51. The SMILES string of the molecule is O=C(/N=c1\[nH]c2cc(N3CCOCC3=O)ccc2n1CCCO)c1n[nH]c2ccccc12. The smallest absolute Gasteiger partial charge is 0.301 e. The summed E-state index contributed by atoms with van der Waals surface area (Å²) >= 11 is 0. The maximum absolute atomic E-state index is 13.0. The highest BCUT2D eigenvalue weighted by molar-refractivity contribution is 6.05. The number of hydrogen-bond donors (Lipinski definition) is 3. The minimum absolute atomic E-state index is 0.0113. The van der Waals surface area contributed by atoms with Crippen molar-refractivity contribution in [1.82, 2.24) is 19.7 Å². The highest BCUT2D eigenvalue weighted by Gasteiger charge is 2.21. The van der Waals surface area contributed by atoms with Gasteiger partial charge in [0.2, 0.25) is 5.62 Å². The van der Waals surface area contributed by atoms with Gasteiger partial charge < -0.3 is 24.3 Å². The molecular formula is C22H22N6O4. The first-order chi connectivity index (χ1) is 15.7. The van der Waals surface area contributed by atoms with Crippen LogP contribution in [0.1, 0.15) is 16.9 Å². The minimum atomic E-state index is -0.477. The van der Waals surface area contributed by atoms with Gasteiger partial charge in [0.05, 0.1) is 23.2 Å². The normalized spacial score (nSPS) is 15.2. The number of imidazole rings is 1. The number of carbonyl (C=O) groups excluding carboxylic acids is 2. The number of rotatable bonds is 5. The Balaban J connectivity index is 1.59. The Kier molecular flexibility index (Phi) is 5.29. The molecule has 4 aromatic rings. The number of aryl methyl sites for hydroxylation is 1. The molecule has 0 spiro atoms. The fourth-order valence-corrected chi connectivity index (χ4v) is 3.94. The summed E-state index contributed by atoms with van der Waals surface area (Å²) in [5, 5.41) is 17.0. The molecule has 0 saturated carbocycles. The molecule has 32 heavy (non-hydrogen) atoms. The van der Waals surface area contributed by atoms with E-state index in [0.717, 1.165) is 22.2 Å². The van der Waals surface area contributed by atoms with E-state index in [1.165, 1.54) is 0 Å². The Labute approximate surface area is 182 Å². The van der Waals surface area contributed by atoms with E-state index in [4.69, 9.17) is 4.74 Å². The van der Waals surface area contributed by atoms with E-state index in [0.29, 0.717) is 37.1 Å². The van der Waals surface area contributed by atoms with Crippen molar-refractivity contribution in [2.45, 2.75) is 13.0 Å². The van der Waals surface area contributed by atoms with Crippen LogP contribution in [0.2, 0.25) is 0 Å². The molecule has 3 N–H and O–H groups in total. The summed E-state index contributed by atoms with van der Waals surface area (Å²) in [5.74, 6) is -0.573. The van der Waals surface area contributed by atoms with Gasteiger partial charge in [-0.3, -0.25) is 14.7 Å². The maximum Gasteiger partial charge on any atom is 0.301 e. The van der Waals surface area contributed by atoms with Crippen LogP contribution in [-0.2, 0) is 16.1 Å². The van der Waals surface area contributed by atoms with Gasteiger partial charge in [-0.1, -0.05) is 18.2 Å². The standard InChI is InChI=1S/C22H22N6O4/c29-10-3-8-28-18-7-6-14(27-9-11-32-13-19(27)30)12-17(18)23-22(28)24-21(31)20-15-4-1-2-5-16(15)25-26-20/h1-2,4-7,12,29H,3,8-11,13H2,(H,25,26)(H,23,24,31). The van der Waals surface area contributed by atoms with E-state index in [9.17, 15) is 14.7 Å². The molecule has 1 aliphatic heterocycles. The van der Waals surface area contributed by atoms with Crippen molar-refractivity contribution in [3.8, 4) is 0 Å². The van der Waals surface area contributed by atoms with E-state index < -0.39 is 5.91 Å². The summed E-state index contributed by atoms with van der Waals surface area (Å²) in [6, 6.07) is 13.0. The largest absolute Gasteiger partial charge is 0.396 e. The number of aliphatic hydroxyl groups excluding tert-OH is 1. The molecule has 3 heterocycles. The van der Waals surface area contributed by atoms with Gasteiger partial charge in [0.25, 0.3) is 5.91 Å². The zero-order chi connectivity index (χ0) is 22.1. The maximum atomic E-state index is 13.0. The molecule has 2 aromatic carbocycles. The fourth-order valence-electron chi connectivity index (χ4n) is 3.94. The van der Waals surface area contributed by atoms with Crippen LogP contribution in [0.15, 0.2) is 47.5 Å². The van der Waals surface area contributed by atoms with Crippen LogP contribution < -0.4 is 10.5 Å². The summed E-state index contributed by atoms with van der Waals surface area (Å²) in [6.07, 6.45) is 0.503. The monoisotopic (exact) mass is 434 g/mol. The van der Waals surface area contributed by atoms with Crippen molar-refractivity contribution < 1.29 is 19.4 Å². The molecule has 2 amide bonds. The number of anilines is 1. The molecular weight excluding hydrogens is 412 g/mol. The zero-order valence-electron chi connectivity index (χ0n) is 17.2. The number of hydrogen-bond acceptors (Lipinski definition) is 5. The van der Waals surface area contributed by atoms with E-state index in [1.54, 1.807) is 4.90 Å². The van der Waals surface area contributed by atoms with E-state index in [1.807, 2.05) is 47.0 Å². The quantitative estimate of drug-likeness (QED) is 0.437. The van der Waals surface area contributed by atoms with Crippen LogP contribution >= 0.6 is 0 Å². The van der Waals surface area contributed by atoms with E-state index in [-0.39, 0.29) is 24.8 Å². The van der Waals surface area contributed by atoms with Crippen LogP contribution in [0.3, 0.4) is 0 Å². The predicted octanol–water partition coefficient (Wildman–Crippen LogP) is 1.33. The van der Waals surface area contributed by atoms with Crippen molar-refractivity contribution in [3.63, 3.8) is 0 Å². The third-order valence-electron chi connectivity index (χ3n) is 5.49. The first-order valence-electron chi connectivity index (χ1n) is 10.4. The summed E-state index contributed by atoms with van der Waals surface area (Å²) < 4.78 is 7.06. The number of fused-ring (bicyclic) bond motifs is 2. The lowest BCUT2D eigenvalue weighted by atomic mass is 10.2. The highest BCUT2D eigenvalue weighted by Crippen LogP contribution is 2.22. The molecule has 5 rings (SSSR count). The molecule has 10 heteroatoms. The van der Waals surface area contributed by atoms with Crippen molar-refractivity contribution in [2.75, 3.05) is 31.3 Å². The molecule has 1 aliphatic rings. The van der Waals surface area contributed by atoms with Crippen molar-refractivity contribution in [1.29, 1.82) is 0 Å². The molecule has 2 aromatic heterocycles. The average Bonchev–Trinajstić information content (AvgIpc) is 3.38. The second-order valence-electron chi connectivity index (χ2n) is 7.51. The zero-order valence-corrected chi connectivity index (χ0v) is 17.2. The molecule has 1 saturated heterocycles. The Morgan fingerprint density at radius 2 is 2.09 bits per heavy atom. The van der Waals surface area contributed by atoms with Crippen molar-refractivity contribution in [2.24, 2.45) is 4.99 Å². The minimum Gasteiger partial charge on any atom is -0.396 e. The van der Waals surface area contributed by atoms with Gasteiger partial charge in [-0.2, -0.15) is 10.1 Å². The Hall–Kier alpha value is -3.76. The first-order valence-corrected chi connectivity index (χ1v) is 10.4. The van der Waals surface area contributed by atoms with Gasteiger partial charge in [-0.05, 0) is 30.7 Å². The molecule has 164 valence electrons. The molecule has 1 fully saturated rings. The third-order valence-corrected chi connectivity index (χ3v) is 5.49. The number of H-pyrrole nitrogens is 2. The van der Waals surface area contributed by atoms with Crippen LogP contribution in [0, 0.1) is 0 Å². The number of nitrogens with one attached hydrogen (secondary N) is 2. The number of carbonyl (C=O) groups is 2. The molecule has 10 nitrogen and oxygen atoms in total. The van der Waals surface area contributed by atoms with Gasteiger partial charge in [0.1, 0.15) is 6.61 Å². The van der Waals surface area contributed by atoms with Crippen molar-refractivity contribution >= 4 is 39.4 Å². The van der Waals surface area contributed by atoms with Crippen LogP contribution in [0.5, 0.6) is 0 Å². The molecule has 0 atom stereocenters. The number of nitrogens with zero attached hydrogens (tertiary/aromatic N) is 4. The molecule has 0 radical (unpaired) electrons. The summed E-state index contributed by atoms with van der Waals surface area (Å²) in [5.41, 5.74) is 3.66. The van der Waals surface area contributed by atoms with Gasteiger partial charge in [-0.15, -0.1) is 0 Å². The lowest BCUT2D eigenvalue weighted by molar-refractivity contribution is -0.125. The summed E-state index contributed by atoms with van der Waals surface area (Å²) in [4.78, 5) is 34.3. The Morgan fingerprint density at radius 1 is 1.22 bits per heavy atom. The van der Waals surface area contributed by atoms with Crippen LogP contribution in [-0.4, -0.2) is 63.0 Å². The number of aliphatic hydroxyl groups is 1. The Bertz CT molecular complexity index is 1380. The number of morpholine rings is 1. The summed E-state index contributed by atoms with van der Waals surface area (Å²) in [7, 11) is 0. The lowest BCUT2D eigenvalue weighted by Gasteiger charge is -2.26. The van der Waals surface area contributed by atoms with Gasteiger partial charge in [0, 0.05) is 30.8 Å². The van der Waals surface area contributed by atoms with Crippen molar-refractivity contribution in [3.05, 3.63) is 53.8 Å². The number of benzene rings is 2. The van der Waals surface area contributed by atoms with Crippen LogP contribution in [0.25, 0.3) is 21.9 Å². The number of aromatic nitrogens is 4. The fraction of sp³-hybridized carbons (Fsp3) is 0.273. The predicted molar refractivity (Wildman–Crippen MR) is 117 cm³/mol. The third kappa shape index (κ3) is 3.59. The van der Waals surface area contributed by atoms with E-state index in [2.05, 4.69) is 20.2 Å². The van der Waals surface area contributed by atoms with E-state index >= 15 is 0 Å². The molecule has 0 aliphatic carbocycles. The number of aromatic amines is 2.